The van der Waals surface area contributed by atoms with Crippen molar-refractivity contribution < 1.29 is 13.7 Å². The first-order valence-corrected chi connectivity index (χ1v) is 7.61. The molecule has 0 heterocycles. The second kappa shape index (κ2) is 13.7. The number of carbonyl (C=O) groups excluding carboxylic acids is 1. The van der Waals surface area contributed by atoms with Crippen molar-refractivity contribution in [3.63, 3.8) is 0 Å². The SMILES string of the molecule is C.CCCCCCCCCS(=O)CC(=O)OC. The van der Waals surface area contributed by atoms with E-state index in [0.717, 1.165) is 12.8 Å². The van der Waals surface area contributed by atoms with Gasteiger partial charge in [0.25, 0.3) is 0 Å². The summed E-state index contributed by atoms with van der Waals surface area (Å²) in [7, 11) is 0.293. The molecule has 0 spiro atoms. The highest BCUT2D eigenvalue weighted by Gasteiger charge is 2.06. The molecule has 0 aromatic rings. The van der Waals surface area contributed by atoms with Crippen LogP contribution >= 0.6 is 0 Å². The Morgan fingerprint density at radius 1 is 1.06 bits per heavy atom. The zero-order valence-corrected chi connectivity index (χ0v) is 11.3. The summed E-state index contributed by atoms with van der Waals surface area (Å²) in [6, 6.07) is 0. The maximum Gasteiger partial charge on any atom is 0.318 e. The van der Waals surface area contributed by atoms with E-state index in [1.165, 1.54) is 39.2 Å². The molecule has 0 aromatic carbocycles. The van der Waals surface area contributed by atoms with Crippen LogP contribution in [-0.4, -0.2) is 28.8 Å². The van der Waals surface area contributed by atoms with Gasteiger partial charge in [0.15, 0.2) is 0 Å². The lowest BCUT2D eigenvalue weighted by atomic mass is 10.1. The predicted molar refractivity (Wildman–Crippen MR) is 74.6 cm³/mol. The van der Waals surface area contributed by atoms with Crippen LogP contribution in [0.5, 0.6) is 0 Å². The Bertz CT molecular complexity index is 205. The molecule has 0 saturated heterocycles. The third-order valence-corrected chi connectivity index (χ3v) is 3.78. The lowest BCUT2D eigenvalue weighted by Gasteiger charge is -2.02. The van der Waals surface area contributed by atoms with Gasteiger partial charge in [-0.2, -0.15) is 0 Å². The molecule has 0 aliphatic carbocycles. The molecule has 0 aliphatic heterocycles. The molecule has 0 aliphatic rings. The van der Waals surface area contributed by atoms with E-state index < -0.39 is 10.8 Å². The van der Waals surface area contributed by atoms with E-state index in [9.17, 15) is 9.00 Å². The first-order valence-electron chi connectivity index (χ1n) is 6.12. The summed E-state index contributed by atoms with van der Waals surface area (Å²) in [4.78, 5) is 10.8. The van der Waals surface area contributed by atoms with Crippen LogP contribution in [0, 0.1) is 0 Å². The minimum atomic E-state index is -1.03. The quantitative estimate of drug-likeness (QED) is 0.449. The Hall–Kier alpha value is -0.380. The van der Waals surface area contributed by atoms with Crippen molar-refractivity contribution in [1.82, 2.24) is 0 Å². The summed E-state index contributed by atoms with van der Waals surface area (Å²) in [5.74, 6) is 0.302. The van der Waals surface area contributed by atoms with Gasteiger partial charge in [-0.15, -0.1) is 0 Å². The fourth-order valence-corrected chi connectivity index (χ4v) is 2.53. The Morgan fingerprint density at radius 2 is 1.59 bits per heavy atom. The second-order valence-corrected chi connectivity index (χ2v) is 5.56. The van der Waals surface area contributed by atoms with Crippen molar-refractivity contribution in [2.45, 2.75) is 59.3 Å². The first-order chi connectivity index (χ1) is 7.70. The van der Waals surface area contributed by atoms with E-state index in [2.05, 4.69) is 11.7 Å². The van der Waals surface area contributed by atoms with Crippen LogP contribution in [0.2, 0.25) is 0 Å². The molecule has 0 rings (SSSR count). The standard InChI is InChI=1S/C12H24O3S.CH4/c1-3-4-5-6-7-8-9-10-16(14)11-12(13)15-2;/h3-11H2,1-2H3;1H4. The molecule has 1 atom stereocenters. The molecule has 0 aromatic heterocycles. The average molecular weight is 264 g/mol. The van der Waals surface area contributed by atoms with Gasteiger partial charge in [0.05, 0.1) is 7.11 Å². The summed E-state index contributed by atoms with van der Waals surface area (Å²) in [6.45, 7) is 2.20. The van der Waals surface area contributed by atoms with Crippen molar-refractivity contribution >= 4 is 16.8 Å². The minimum absolute atomic E-state index is 0. The fourth-order valence-electron chi connectivity index (χ4n) is 1.48. The summed E-state index contributed by atoms with van der Waals surface area (Å²) in [5.41, 5.74) is 0. The predicted octanol–water partition coefficient (Wildman–Crippen LogP) is 3.29. The molecular formula is C13H28O3S. The number of ether oxygens (including phenoxy) is 1. The Morgan fingerprint density at radius 3 is 2.12 bits per heavy atom. The maximum absolute atomic E-state index is 11.4. The number of hydrogen-bond donors (Lipinski definition) is 0. The lowest BCUT2D eigenvalue weighted by molar-refractivity contribution is -0.137. The van der Waals surface area contributed by atoms with E-state index in [4.69, 9.17) is 0 Å². The van der Waals surface area contributed by atoms with Crippen molar-refractivity contribution in [3.8, 4) is 0 Å². The van der Waals surface area contributed by atoms with Crippen molar-refractivity contribution in [1.29, 1.82) is 0 Å². The summed E-state index contributed by atoms with van der Waals surface area (Å²) in [6.07, 6.45) is 8.46. The van der Waals surface area contributed by atoms with Crippen LogP contribution < -0.4 is 0 Å². The fraction of sp³-hybridized carbons (Fsp3) is 0.923. The molecule has 3 nitrogen and oxygen atoms in total. The number of esters is 1. The van der Waals surface area contributed by atoms with Gasteiger partial charge in [0.2, 0.25) is 0 Å². The minimum Gasteiger partial charge on any atom is -0.468 e. The van der Waals surface area contributed by atoms with E-state index in [1.54, 1.807) is 0 Å². The van der Waals surface area contributed by atoms with Gasteiger partial charge < -0.3 is 4.74 Å². The highest BCUT2D eigenvalue weighted by Crippen LogP contribution is 2.07. The molecule has 17 heavy (non-hydrogen) atoms. The number of methoxy groups -OCH3 is 1. The van der Waals surface area contributed by atoms with Crippen LogP contribution in [0.4, 0.5) is 0 Å². The number of hydrogen-bond acceptors (Lipinski definition) is 3. The van der Waals surface area contributed by atoms with Gasteiger partial charge in [0, 0.05) is 16.6 Å². The topological polar surface area (TPSA) is 43.4 Å². The van der Waals surface area contributed by atoms with Crippen LogP contribution in [0.1, 0.15) is 59.3 Å². The zero-order chi connectivity index (χ0) is 12.2. The molecule has 0 amide bonds. The highest BCUT2D eigenvalue weighted by molar-refractivity contribution is 7.85. The average Bonchev–Trinajstić information content (AvgIpc) is 2.27. The highest BCUT2D eigenvalue weighted by atomic mass is 32.2. The first kappa shape index (κ1) is 19.0. The van der Waals surface area contributed by atoms with Gasteiger partial charge in [-0.1, -0.05) is 52.9 Å². The van der Waals surface area contributed by atoms with E-state index in [0.29, 0.717) is 5.75 Å². The van der Waals surface area contributed by atoms with Crippen molar-refractivity contribution in [3.05, 3.63) is 0 Å². The van der Waals surface area contributed by atoms with Crippen molar-refractivity contribution in [2.24, 2.45) is 0 Å². The molecule has 0 radical (unpaired) electrons. The normalized spacial score (nSPS) is 11.6. The smallest absolute Gasteiger partial charge is 0.318 e. The Balaban J connectivity index is 0. The third kappa shape index (κ3) is 13.6. The summed E-state index contributed by atoms with van der Waals surface area (Å²) in [5, 5.41) is 0. The Kier molecular flexibility index (Phi) is 15.3. The molecule has 4 heteroatoms. The number of rotatable bonds is 10. The van der Waals surface area contributed by atoms with Crippen molar-refractivity contribution in [2.75, 3.05) is 18.6 Å². The molecule has 104 valence electrons. The molecule has 0 N–H and O–H groups in total. The van der Waals surface area contributed by atoms with Crippen LogP contribution in [0.25, 0.3) is 0 Å². The zero-order valence-electron chi connectivity index (χ0n) is 10.5. The number of carbonyl (C=O) groups is 1. The van der Waals surface area contributed by atoms with Gasteiger partial charge in [-0.05, 0) is 6.42 Å². The molecule has 0 bridgehead atoms. The van der Waals surface area contributed by atoms with Crippen LogP contribution in [0.15, 0.2) is 0 Å². The second-order valence-electron chi connectivity index (χ2n) is 3.99. The Labute approximate surface area is 109 Å². The van der Waals surface area contributed by atoms with Crippen LogP contribution in [0.3, 0.4) is 0 Å². The van der Waals surface area contributed by atoms with Gasteiger partial charge >= 0.3 is 5.97 Å². The lowest BCUT2D eigenvalue weighted by Crippen LogP contribution is -2.14. The molecular weight excluding hydrogens is 236 g/mol. The molecule has 1 unspecified atom stereocenters. The maximum atomic E-state index is 11.4. The largest absolute Gasteiger partial charge is 0.468 e. The summed E-state index contributed by atoms with van der Waals surface area (Å²) >= 11 is 0. The summed E-state index contributed by atoms with van der Waals surface area (Å²) < 4.78 is 15.8. The third-order valence-electron chi connectivity index (χ3n) is 2.48. The van der Waals surface area contributed by atoms with Gasteiger partial charge in [-0.25, -0.2) is 0 Å². The molecule has 0 saturated carbocycles. The van der Waals surface area contributed by atoms with E-state index in [1.807, 2.05) is 0 Å². The van der Waals surface area contributed by atoms with Gasteiger partial charge in [-0.3, -0.25) is 9.00 Å². The van der Waals surface area contributed by atoms with E-state index in [-0.39, 0.29) is 19.1 Å². The number of unbranched alkanes of at least 4 members (excludes halogenated alkanes) is 6. The van der Waals surface area contributed by atoms with E-state index >= 15 is 0 Å². The monoisotopic (exact) mass is 264 g/mol. The van der Waals surface area contributed by atoms with Crippen LogP contribution in [-0.2, 0) is 20.3 Å². The molecule has 0 fully saturated rings. The van der Waals surface area contributed by atoms with Gasteiger partial charge in [0.1, 0.15) is 5.75 Å².